The van der Waals surface area contributed by atoms with Gasteiger partial charge in [0.05, 0.1) is 0 Å². The van der Waals surface area contributed by atoms with Crippen molar-refractivity contribution in [3.63, 3.8) is 0 Å². The third-order valence-electron chi connectivity index (χ3n) is 2.68. The fraction of sp³-hybridized carbons (Fsp3) is 0.308. The Kier molecular flexibility index (Phi) is 6.12. The van der Waals surface area contributed by atoms with Crippen LogP contribution in [0.4, 0.5) is 9.18 Å². The summed E-state index contributed by atoms with van der Waals surface area (Å²) in [5.74, 6) is -2.41. The smallest absolute Gasteiger partial charge is 0.326 e. The quantitative estimate of drug-likeness (QED) is 0.580. The molecule has 0 aliphatic carbocycles. The lowest BCUT2D eigenvalue weighted by Gasteiger charge is -2.14. The van der Waals surface area contributed by atoms with Crippen molar-refractivity contribution in [2.45, 2.75) is 25.4 Å². The normalized spacial score (nSPS) is 11.5. The predicted molar refractivity (Wildman–Crippen MR) is 71.6 cm³/mol. The molecule has 0 saturated heterocycles. The number of rotatable bonds is 7. The van der Waals surface area contributed by atoms with Crippen molar-refractivity contribution in [3.05, 3.63) is 35.6 Å². The average Bonchev–Trinajstić information content (AvgIpc) is 2.42. The zero-order valence-corrected chi connectivity index (χ0v) is 11.1. The summed E-state index contributed by atoms with van der Waals surface area (Å²) in [7, 11) is 0. The Balaban J connectivity index is 2.49. The Morgan fingerprint density at radius 1 is 1.29 bits per heavy atom. The lowest BCUT2D eigenvalue weighted by Crippen LogP contribution is -2.46. The summed E-state index contributed by atoms with van der Waals surface area (Å²) in [5, 5.41) is 13.4. The number of carboxylic acid groups (broad SMARTS) is 1. The number of amides is 3. The molecule has 0 radical (unpaired) electrons. The summed E-state index contributed by atoms with van der Waals surface area (Å²) in [5.41, 5.74) is 5.20. The second kappa shape index (κ2) is 7.83. The summed E-state index contributed by atoms with van der Waals surface area (Å²) < 4.78 is 13.3. The van der Waals surface area contributed by atoms with Crippen LogP contribution in [0.2, 0.25) is 0 Å². The molecule has 1 atom stereocenters. The number of primary amides is 1. The van der Waals surface area contributed by atoms with E-state index in [-0.39, 0.29) is 24.9 Å². The van der Waals surface area contributed by atoms with Gasteiger partial charge in [0.1, 0.15) is 11.9 Å². The first-order valence-electron chi connectivity index (χ1n) is 6.19. The lowest BCUT2D eigenvalue weighted by atomic mass is 10.1. The molecule has 0 saturated carbocycles. The average molecular weight is 297 g/mol. The van der Waals surface area contributed by atoms with E-state index in [0.29, 0.717) is 0 Å². The van der Waals surface area contributed by atoms with Crippen LogP contribution in [-0.4, -0.2) is 29.1 Å². The first kappa shape index (κ1) is 16.4. The van der Waals surface area contributed by atoms with Gasteiger partial charge in [0.25, 0.3) is 0 Å². The van der Waals surface area contributed by atoms with Gasteiger partial charge in [0.15, 0.2) is 0 Å². The highest BCUT2D eigenvalue weighted by molar-refractivity contribution is 5.83. The van der Waals surface area contributed by atoms with Crippen LogP contribution in [0, 0.1) is 5.82 Å². The van der Waals surface area contributed by atoms with E-state index >= 15 is 0 Å². The SMILES string of the molecule is NC(=O)CC[C@@H](NC(=O)NCc1ccccc1F)C(=O)O. The zero-order valence-electron chi connectivity index (χ0n) is 11.1. The predicted octanol–water partition coefficient (Wildman–Crippen LogP) is 0.344. The number of carbonyl (C=O) groups excluding carboxylic acids is 2. The van der Waals surface area contributed by atoms with Crippen LogP contribution >= 0.6 is 0 Å². The highest BCUT2D eigenvalue weighted by atomic mass is 19.1. The minimum absolute atomic E-state index is 0.0827. The minimum Gasteiger partial charge on any atom is -0.480 e. The number of nitrogens with two attached hydrogens (primary N) is 1. The lowest BCUT2D eigenvalue weighted by molar-refractivity contribution is -0.139. The highest BCUT2D eigenvalue weighted by Crippen LogP contribution is 2.05. The number of halogens is 1. The molecule has 0 aromatic heterocycles. The van der Waals surface area contributed by atoms with Gasteiger partial charge in [-0.2, -0.15) is 0 Å². The van der Waals surface area contributed by atoms with Gasteiger partial charge in [-0.05, 0) is 12.5 Å². The van der Waals surface area contributed by atoms with E-state index in [1.54, 1.807) is 6.07 Å². The van der Waals surface area contributed by atoms with Crippen LogP contribution in [0.1, 0.15) is 18.4 Å². The first-order chi connectivity index (χ1) is 9.90. The second-order valence-corrected chi connectivity index (χ2v) is 4.31. The molecule has 114 valence electrons. The van der Waals surface area contributed by atoms with E-state index in [1.807, 2.05) is 0 Å². The Hall–Kier alpha value is -2.64. The molecule has 0 aliphatic rings. The molecule has 0 aliphatic heterocycles. The molecule has 7 nitrogen and oxygen atoms in total. The van der Waals surface area contributed by atoms with Crippen molar-refractivity contribution in [2.75, 3.05) is 0 Å². The van der Waals surface area contributed by atoms with E-state index in [4.69, 9.17) is 10.8 Å². The molecular formula is C13H16FN3O4. The molecule has 0 bridgehead atoms. The summed E-state index contributed by atoms with van der Waals surface area (Å²) in [4.78, 5) is 33.1. The van der Waals surface area contributed by atoms with Crippen molar-refractivity contribution in [2.24, 2.45) is 5.73 Å². The number of hydrogen-bond donors (Lipinski definition) is 4. The molecule has 1 rings (SSSR count). The number of nitrogens with one attached hydrogen (secondary N) is 2. The Morgan fingerprint density at radius 2 is 1.95 bits per heavy atom. The Bertz CT molecular complexity index is 536. The van der Waals surface area contributed by atoms with E-state index in [9.17, 15) is 18.8 Å². The molecule has 0 unspecified atom stereocenters. The number of benzene rings is 1. The van der Waals surface area contributed by atoms with Crippen molar-refractivity contribution in [1.29, 1.82) is 0 Å². The van der Waals surface area contributed by atoms with Gasteiger partial charge in [0, 0.05) is 18.5 Å². The molecule has 0 fully saturated rings. The summed E-state index contributed by atoms with van der Waals surface area (Å²) in [6.45, 7) is -0.0827. The largest absolute Gasteiger partial charge is 0.480 e. The molecule has 3 amide bonds. The number of carboxylic acids is 1. The van der Waals surface area contributed by atoms with E-state index in [0.717, 1.165) is 0 Å². The van der Waals surface area contributed by atoms with Gasteiger partial charge in [-0.3, -0.25) is 4.79 Å². The number of aliphatic carboxylic acids is 1. The van der Waals surface area contributed by atoms with Crippen LogP contribution in [-0.2, 0) is 16.1 Å². The topological polar surface area (TPSA) is 122 Å². The Morgan fingerprint density at radius 3 is 2.52 bits per heavy atom. The van der Waals surface area contributed by atoms with Crippen LogP contribution in [0.5, 0.6) is 0 Å². The standard InChI is InChI=1S/C13H16FN3O4/c14-9-4-2-1-3-8(9)7-16-13(21)17-10(12(19)20)5-6-11(15)18/h1-4,10H,5-7H2,(H2,15,18)(H,19,20)(H2,16,17,21)/t10-/m1/s1. The maximum atomic E-state index is 13.3. The third kappa shape index (κ3) is 5.89. The van der Waals surface area contributed by atoms with Gasteiger partial charge in [0.2, 0.25) is 5.91 Å². The minimum atomic E-state index is -1.28. The number of urea groups is 1. The van der Waals surface area contributed by atoms with Crippen LogP contribution < -0.4 is 16.4 Å². The molecule has 21 heavy (non-hydrogen) atoms. The van der Waals surface area contributed by atoms with Crippen LogP contribution in [0.15, 0.2) is 24.3 Å². The van der Waals surface area contributed by atoms with Crippen molar-refractivity contribution in [3.8, 4) is 0 Å². The van der Waals surface area contributed by atoms with E-state index < -0.39 is 29.8 Å². The van der Waals surface area contributed by atoms with E-state index in [1.165, 1.54) is 18.2 Å². The van der Waals surface area contributed by atoms with Crippen molar-refractivity contribution >= 4 is 17.9 Å². The molecule has 8 heteroatoms. The summed E-state index contributed by atoms with van der Waals surface area (Å²) in [6, 6.07) is 3.88. The molecule has 1 aromatic carbocycles. The van der Waals surface area contributed by atoms with Gasteiger partial charge in [-0.15, -0.1) is 0 Å². The van der Waals surface area contributed by atoms with Gasteiger partial charge in [-0.25, -0.2) is 14.0 Å². The Labute approximate surface area is 120 Å². The maximum absolute atomic E-state index is 13.3. The second-order valence-electron chi connectivity index (χ2n) is 4.31. The fourth-order valence-corrected chi connectivity index (χ4v) is 1.57. The molecule has 0 spiro atoms. The first-order valence-corrected chi connectivity index (χ1v) is 6.19. The fourth-order valence-electron chi connectivity index (χ4n) is 1.57. The summed E-state index contributed by atoms with van der Waals surface area (Å²) >= 11 is 0. The molecule has 0 heterocycles. The highest BCUT2D eigenvalue weighted by Gasteiger charge is 2.20. The summed E-state index contributed by atoms with van der Waals surface area (Å²) in [6.07, 6.45) is -0.275. The van der Waals surface area contributed by atoms with Crippen LogP contribution in [0.25, 0.3) is 0 Å². The van der Waals surface area contributed by atoms with Crippen molar-refractivity contribution in [1.82, 2.24) is 10.6 Å². The number of carbonyl (C=O) groups is 3. The third-order valence-corrected chi connectivity index (χ3v) is 2.68. The maximum Gasteiger partial charge on any atom is 0.326 e. The molecular weight excluding hydrogens is 281 g/mol. The molecule has 1 aromatic rings. The monoisotopic (exact) mass is 297 g/mol. The van der Waals surface area contributed by atoms with Crippen molar-refractivity contribution < 1.29 is 23.9 Å². The van der Waals surface area contributed by atoms with Gasteiger partial charge < -0.3 is 21.5 Å². The molecule has 5 N–H and O–H groups in total. The number of hydrogen-bond acceptors (Lipinski definition) is 3. The zero-order chi connectivity index (χ0) is 15.8. The van der Waals surface area contributed by atoms with Gasteiger partial charge >= 0.3 is 12.0 Å². The van der Waals surface area contributed by atoms with E-state index in [2.05, 4.69) is 10.6 Å². The van der Waals surface area contributed by atoms with Gasteiger partial charge in [-0.1, -0.05) is 18.2 Å². The van der Waals surface area contributed by atoms with Crippen LogP contribution in [0.3, 0.4) is 0 Å².